The molecule has 1 radical (unpaired) electrons. The van der Waals surface area contributed by atoms with Crippen molar-refractivity contribution in [2.24, 2.45) is 0 Å². The second-order valence-corrected chi connectivity index (χ2v) is 8.81. The molecule has 4 nitrogen and oxygen atoms in total. The van der Waals surface area contributed by atoms with E-state index in [1.165, 1.54) is 25.5 Å². The minimum Gasteiger partial charge on any atom is -0.512 e. The fourth-order valence-electron chi connectivity index (χ4n) is 4.39. The molecule has 1 N–H and O–H groups in total. The maximum Gasteiger partial charge on any atom is 0.194 e. The number of allylic oxidation sites excluding steroid dienone is 2. The summed E-state index contributed by atoms with van der Waals surface area (Å²) in [4.78, 5) is 27.7. The normalized spacial score (nSPS) is 11.8. The van der Waals surface area contributed by atoms with Crippen molar-refractivity contribution < 1.29 is 34.8 Å². The van der Waals surface area contributed by atoms with Crippen molar-refractivity contribution in [2.75, 3.05) is 0 Å². The molecule has 0 unspecified atom stereocenters. The molecule has 3 aromatic carbocycles. The summed E-state index contributed by atoms with van der Waals surface area (Å²) < 4.78 is 0. The van der Waals surface area contributed by atoms with E-state index in [2.05, 4.69) is 48.3 Å². The second kappa shape index (κ2) is 10.5. The number of carbonyl (C=O) groups is 2. The zero-order valence-electron chi connectivity index (χ0n) is 20.3. The van der Waals surface area contributed by atoms with Gasteiger partial charge in [-0.15, -0.1) is 34.9 Å². The summed E-state index contributed by atoms with van der Waals surface area (Å²) in [5.74, 6) is 0.0392. The number of aryl methyl sites for hydroxylation is 3. The summed E-state index contributed by atoms with van der Waals surface area (Å²) in [6.45, 7) is 8.99. The van der Waals surface area contributed by atoms with Gasteiger partial charge in [0, 0.05) is 43.5 Å². The minimum atomic E-state index is -0.125. The Bertz CT molecular complexity index is 1480. The molecular weight excluding hydrogens is 615 g/mol. The summed E-state index contributed by atoms with van der Waals surface area (Å²) in [7, 11) is 0. The number of fused-ring (bicyclic) bond motifs is 4. The van der Waals surface area contributed by atoms with Gasteiger partial charge in [0.15, 0.2) is 11.6 Å². The Morgan fingerprint density at radius 2 is 1.60 bits per heavy atom. The molecular formula is C30H26IrNO3-. The predicted molar refractivity (Wildman–Crippen MR) is 136 cm³/mol. The van der Waals surface area contributed by atoms with Crippen LogP contribution in [0.5, 0.6) is 0 Å². The SMILES string of the molecule is CC(=O)/C=C(/C)O.Cc1[c-]c(-c2nccc3cc4c(cc23)C(=O)c2cc(C)ccc2-4)cc(C)c1.[Ir]. The molecule has 1 heterocycles. The van der Waals surface area contributed by atoms with Crippen LogP contribution in [0.3, 0.4) is 0 Å². The Morgan fingerprint density at radius 3 is 2.23 bits per heavy atom. The third-order valence-corrected chi connectivity index (χ3v) is 5.67. The number of pyridine rings is 1. The molecule has 0 spiro atoms. The van der Waals surface area contributed by atoms with Crippen LogP contribution in [-0.4, -0.2) is 21.7 Å². The Balaban J connectivity index is 0.000000378. The summed E-state index contributed by atoms with van der Waals surface area (Å²) in [5, 5.41) is 10.4. The summed E-state index contributed by atoms with van der Waals surface area (Å²) >= 11 is 0. The number of aliphatic hydroxyl groups is 1. The van der Waals surface area contributed by atoms with Gasteiger partial charge in [0.05, 0.1) is 5.76 Å². The first-order valence-electron chi connectivity index (χ1n) is 11.1. The van der Waals surface area contributed by atoms with Crippen molar-refractivity contribution in [3.63, 3.8) is 0 Å². The smallest absolute Gasteiger partial charge is 0.194 e. The number of aromatic nitrogens is 1. The third-order valence-electron chi connectivity index (χ3n) is 5.67. The van der Waals surface area contributed by atoms with Crippen molar-refractivity contribution >= 4 is 22.3 Å². The van der Waals surface area contributed by atoms with Crippen molar-refractivity contribution in [1.29, 1.82) is 0 Å². The molecule has 179 valence electrons. The number of nitrogens with zero attached hydrogens (tertiary/aromatic N) is 1. The molecule has 4 aromatic rings. The molecule has 5 rings (SSSR count). The fraction of sp³-hybridized carbons (Fsp3) is 0.167. The van der Waals surface area contributed by atoms with E-state index >= 15 is 0 Å². The average Bonchev–Trinajstić information content (AvgIpc) is 3.01. The Morgan fingerprint density at radius 1 is 0.886 bits per heavy atom. The molecule has 35 heavy (non-hydrogen) atoms. The standard InChI is InChI=1S/C25H18NO.C5H8O2.Ir/c1-14-4-5-19-21-12-17-6-7-26-24(18-9-15(2)8-16(3)10-18)20(17)13-23(21)25(27)22(19)11-14;1-4(6)3-5(2)7;/h4-9,11-13H,1-3H3;3,6H,1-2H3;/q-1;;/b;4-3-;. The third kappa shape index (κ3) is 5.48. The van der Waals surface area contributed by atoms with Gasteiger partial charge in [-0.05, 0) is 72.6 Å². The molecule has 0 amide bonds. The van der Waals surface area contributed by atoms with Crippen molar-refractivity contribution in [1.82, 2.24) is 4.98 Å². The van der Waals surface area contributed by atoms with Crippen LogP contribution in [0.4, 0.5) is 0 Å². The zero-order valence-corrected chi connectivity index (χ0v) is 22.7. The van der Waals surface area contributed by atoms with Crippen LogP contribution in [-0.2, 0) is 24.9 Å². The van der Waals surface area contributed by atoms with Crippen LogP contribution in [0.2, 0.25) is 0 Å². The van der Waals surface area contributed by atoms with Crippen molar-refractivity contribution in [2.45, 2.75) is 34.6 Å². The average molecular weight is 641 g/mol. The zero-order chi connectivity index (χ0) is 24.6. The van der Waals surface area contributed by atoms with Crippen molar-refractivity contribution in [3.8, 4) is 22.4 Å². The van der Waals surface area contributed by atoms with Crippen molar-refractivity contribution in [3.05, 3.63) is 100 Å². The van der Waals surface area contributed by atoms with E-state index in [-0.39, 0.29) is 37.4 Å². The Hall–Kier alpha value is -3.40. The van der Waals surface area contributed by atoms with Gasteiger partial charge < -0.3 is 10.1 Å². The van der Waals surface area contributed by atoms with Gasteiger partial charge in [-0.3, -0.25) is 9.59 Å². The number of benzene rings is 3. The molecule has 0 fully saturated rings. The first-order chi connectivity index (χ1) is 16.1. The first kappa shape index (κ1) is 26.2. The van der Waals surface area contributed by atoms with Gasteiger partial charge in [-0.25, -0.2) is 0 Å². The van der Waals surface area contributed by atoms with E-state index < -0.39 is 0 Å². The van der Waals surface area contributed by atoms with E-state index in [0.29, 0.717) is 0 Å². The molecule has 0 saturated carbocycles. The van der Waals surface area contributed by atoms with Crippen LogP contribution < -0.4 is 0 Å². The molecule has 0 aliphatic heterocycles. The predicted octanol–water partition coefficient (Wildman–Crippen LogP) is 6.87. The molecule has 5 heteroatoms. The minimum absolute atomic E-state index is 0. The van der Waals surface area contributed by atoms with E-state index in [1.807, 2.05) is 38.2 Å². The molecule has 0 saturated heterocycles. The molecule has 1 aromatic heterocycles. The molecule has 0 atom stereocenters. The number of rotatable bonds is 2. The second-order valence-electron chi connectivity index (χ2n) is 8.81. The summed E-state index contributed by atoms with van der Waals surface area (Å²) in [5.41, 5.74) is 8.83. The number of ketones is 2. The maximum absolute atomic E-state index is 13.0. The fourth-order valence-corrected chi connectivity index (χ4v) is 4.39. The van der Waals surface area contributed by atoms with Gasteiger partial charge in [-0.1, -0.05) is 31.5 Å². The Kier molecular flexibility index (Phi) is 7.84. The van der Waals surface area contributed by atoms with Crippen LogP contribution in [0, 0.1) is 26.8 Å². The van der Waals surface area contributed by atoms with Crippen LogP contribution in [0.15, 0.2) is 66.6 Å². The van der Waals surface area contributed by atoms with Gasteiger partial charge in [0.25, 0.3) is 0 Å². The van der Waals surface area contributed by atoms with Crippen LogP contribution in [0.25, 0.3) is 33.2 Å². The largest absolute Gasteiger partial charge is 0.512 e. The Labute approximate surface area is 219 Å². The van der Waals surface area contributed by atoms with E-state index in [1.54, 1.807) is 0 Å². The quantitative estimate of drug-likeness (QED) is 0.130. The van der Waals surface area contributed by atoms with Crippen LogP contribution >= 0.6 is 0 Å². The molecule has 1 aliphatic rings. The molecule has 1 aliphatic carbocycles. The maximum atomic E-state index is 13.0. The van der Waals surface area contributed by atoms with E-state index in [9.17, 15) is 9.59 Å². The van der Waals surface area contributed by atoms with Gasteiger partial charge in [0.1, 0.15) is 0 Å². The van der Waals surface area contributed by atoms with Crippen LogP contribution in [0.1, 0.15) is 46.5 Å². The number of carbonyl (C=O) groups excluding carboxylic acids is 2. The number of aliphatic hydroxyl groups excluding tert-OH is 1. The first-order valence-corrected chi connectivity index (χ1v) is 11.1. The summed E-state index contributed by atoms with van der Waals surface area (Å²) in [6.07, 6.45) is 3.00. The van der Waals surface area contributed by atoms with Gasteiger partial charge in [-0.2, -0.15) is 0 Å². The summed E-state index contributed by atoms with van der Waals surface area (Å²) in [6, 6.07) is 19.9. The number of hydrogen-bond acceptors (Lipinski definition) is 4. The topological polar surface area (TPSA) is 67.3 Å². The monoisotopic (exact) mass is 641 g/mol. The molecule has 0 bridgehead atoms. The van der Waals surface area contributed by atoms with E-state index in [0.717, 1.165) is 55.4 Å². The number of hydrogen-bond donors (Lipinski definition) is 1. The van der Waals surface area contributed by atoms with E-state index in [4.69, 9.17) is 5.11 Å². The van der Waals surface area contributed by atoms with Gasteiger partial charge >= 0.3 is 0 Å². The van der Waals surface area contributed by atoms with Gasteiger partial charge in [0.2, 0.25) is 0 Å².